The van der Waals surface area contributed by atoms with Gasteiger partial charge in [0.2, 0.25) is 12.3 Å². The quantitative estimate of drug-likeness (QED) is 0.652. The Kier molecular flexibility index (Phi) is 5.45. The molecule has 1 aliphatic carbocycles. The van der Waals surface area contributed by atoms with Crippen LogP contribution in [0.25, 0.3) is 0 Å². The van der Waals surface area contributed by atoms with Crippen molar-refractivity contribution >= 4 is 12.3 Å². The van der Waals surface area contributed by atoms with Gasteiger partial charge in [0, 0.05) is 25.0 Å². The van der Waals surface area contributed by atoms with E-state index in [0.717, 1.165) is 19.4 Å². The first kappa shape index (κ1) is 14.0. The number of carbonyl (C=O) groups is 2. The van der Waals surface area contributed by atoms with Crippen LogP contribution in [0.1, 0.15) is 40.0 Å². The van der Waals surface area contributed by atoms with Crippen molar-refractivity contribution < 1.29 is 9.59 Å². The number of amides is 2. The first-order chi connectivity index (χ1) is 8.06. The minimum absolute atomic E-state index is 0.00263. The molecule has 0 heterocycles. The van der Waals surface area contributed by atoms with Crippen molar-refractivity contribution in [3.05, 3.63) is 0 Å². The summed E-state index contributed by atoms with van der Waals surface area (Å²) in [5.41, 5.74) is 0. The first-order valence-corrected chi connectivity index (χ1v) is 6.56. The van der Waals surface area contributed by atoms with E-state index in [2.05, 4.69) is 5.32 Å². The summed E-state index contributed by atoms with van der Waals surface area (Å²) in [6, 6.07) is 0.0776. The summed E-state index contributed by atoms with van der Waals surface area (Å²) < 4.78 is 0. The van der Waals surface area contributed by atoms with Crippen molar-refractivity contribution in [3.63, 3.8) is 0 Å². The Hall–Kier alpha value is -1.06. The summed E-state index contributed by atoms with van der Waals surface area (Å²) in [5, 5.41) is 2.99. The highest BCUT2D eigenvalue weighted by Crippen LogP contribution is 2.29. The minimum atomic E-state index is -0.00263. The fraction of sp³-hybridized carbons (Fsp3) is 0.846. The molecular weight excluding hydrogens is 216 g/mol. The van der Waals surface area contributed by atoms with Crippen LogP contribution in [-0.2, 0) is 9.59 Å². The molecule has 1 saturated carbocycles. The van der Waals surface area contributed by atoms with Crippen molar-refractivity contribution in [2.75, 3.05) is 13.1 Å². The van der Waals surface area contributed by atoms with E-state index >= 15 is 0 Å². The van der Waals surface area contributed by atoms with Gasteiger partial charge in [-0.05, 0) is 25.2 Å². The third kappa shape index (κ3) is 5.20. The molecule has 98 valence electrons. The molecule has 2 amide bonds. The Labute approximate surface area is 104 Å². The second kappa shape index (κ2) is 6.62. The van der Waals surface area contributed by atoms with Crippen LogP contribution in [0.3, 0.4) is 0 Å². The summed E-state index contributed by atoms with van der Waals surface area (Å²) in [5.74, 6) is 0.754. The van der Waals surface area contributed by atoms with Crippen molar-refractivity contribution in [1.29, 1.82) is 0 Å². The molecule has 0 aromatic carbocycles. The van der Waals surface area contributed by atoms with Crippen LogP contribution in [0.2, 0.25) is 0 Å². The monoisotopic (exact) mass is 240 g/mol. The highest BCUT2D eigenvalue weighted by molar-refractivity contribution is 5.78. The molecular formula is C13H24N2O2. The average molecular weight is 240 g/mol. The third-order valence-corrected chi connectivity index (χ3v) is 3.16. The summed E-state index contributed by atoms with van der Waals surface area (Å²) >= 11 is 0. The molecule has 0 aromatic rings. The number of nitrogens with one attached hydrogen (secondary N) is 1. The molecule has 1 unspecified atom stereocenters. The van der Waals surface area contributed by atoms with Crippen molar-refractivity contribution in [1.82, 2.24) is 10.2 Å². The van der Waals surface area contributed by atoms with Gasteiger partial charge in [-0.25, -0.2) is 0 Å². The Bertz CT molecular complexity index is 262. The Morgan fingerprint density at radius 2 is 2.12 bits per heavy atom. The first-order valence-electron chi connectivity index (χ1n) is 6.56. The Balaban J connectivity index is 2.37. The van der Waals surface area contributed by atoms with Gasteiger partial charge >= 0.3 is 0 Å². The standard InChI is InChI=1S/C13H24N2O2/c1-4-12(14-13(17)10(2)3)8-15(9-16)7-11-5-6-11/h9-12H,4-8H2,1-3H3,(H,14,17). The molecule has 0 aliphatic heterocycles. The lowest BCUT2D eigenvalue weighted by Gasteiger charge is -2.25. The van der Waals surface area contributed by atoms with Gasteiger partial charge < -0.3 is 10.2 Å². The summed E-state index contributed by atoms with van der Waals surface area (Å²) in [4.78, 5) is 24.3. The Morgan fingerprint density at radius 3 is 2.53 bits per heavy atom. The van der Waals surface area contributed by atoms with E-state index in [1.807, 2.05) is 20.8 Å². The summed E-state index contributed by atoms with van der Waals surface area (Å²) in [6.45, 7) is 7.27. The van der Waals surface area contributed by atoms with Gasteiger partial charge in [-0.3, -0.25) is 9.59 Å². The molecule has 4 heteroatoms. The minimum Gasteiger partial charge on any atom is -0.351 e. The molecule has 17 heavy (non-hydrogen) atoms. The second-order valence-corrected chi connectivity index (χ2v) is 5.27. The zero-order valence-electron chi connectivity index (χ0n) is 11.1. The topological polar surface area (TPSA) is 49.4 Å². The zero-order valence-corrected chi connectivity index (χ0v) is 11.1. The van der Waals surface area contributed by atoms with Crippen LogP contribution in [0.15, 0.2) is 0 Å². The predicted octanol–water partition coefficient (Wildman–Crippen LogP) is 1.41. The zero-order chi connectivity index (χ0) is 12.8. The van der Waals surface area contributed by atoms with E-state index in [9.17, 15) is 9.59 Å². The predicted molar refractivity (Wildman–Crippen MR) is 67.4 cm³/mol. The number of carbonyl (C=O) groups excluding carboxylic acids is 2. The molecule has 0 spiro atoms. The lowest BCUT2D eigenvalue weighted by molar-refractivity contribution is -0.126. The SMILES string of the molecule is CCC(CN(C=O)CC1CC1)NC(=O)C(C)C. The fourth-order valence-corrected chi connectivity index (χ4v) is 1.72. The van der Waals surface area contributed by atoms with E-state index < -0.39 is 0 Å². The number of hydrogen-bond donors (Lipinski definition) is 1. The van der Waals surface area contributed by atoms with Gasteiger partial charge in [-0.2, -0.15) is 0 Å². The molecule has 0 bridgehead atoms. The van der Waals surface area contributed by atoms with Gasteiger partial charge in [0.25, 0.3) is 0 Å². The van der Waals surface area contributed by atoms with Crippen molar-refractivity contribution in [2.24, 2.45) is 11.8 Å². The molecule has 0 aromatic heterocycles. The molecule has 4 nitrogen and oxygen atoms in total. The largest absolute Gasteiger partial charge is 0.351 e. The molecule has 1 atom stereocenters. The molecule has 1 aliphatic rings. The maximum Gasteiger partial charge on any atom is 0.222 e. The van der Waals surface area contributed by atoms with Crippen molar-refractivity contribution in [3.8, 4) is 0 Å². The van der Waals surface area contributed by atoms with Crippen LogP contribution in [0.5, 0.6) is 0 Å². The van der Waals surface area contributed by atoms with Crippen LogP contribution < -0.4 is 5.32 Å². The lowest BCUT2D eigenvalue weighted by atomic mass is 10.1. The highest BCUT2D eigenvalue weighted by Gasteiger charge is 2.25. The number of rotatable bonds is 8. The molecule has 1 rings (SSSR count). The molecule has 0 radical (unpaired) electrons. The normalized spacial score (nSPS) is 16.7. The lowest BCUT2D eigenvalue weighted by Crippen LogP contribution is -2.45. The maximum absolute atomic E-state index is 11.6. The number of hydrogen-bond acceptors (Lipinski definition) is 2. The average Bonchev–Trinajstić information content (AvgIpc) is 3.10. The van der Waals surface area contributed by atoms with Crippen molar-refractivity contribution in [2.45, 2.75) is 46.1 Å². The van der Waals surface area contributed by atoms with E-state index in [0.29, 0.717) is 12.5 Å². The summed E-state index contributed by atoms with van der Waals surface area (Å²) in [7, 11) is 0. The highest BCUT2D eigenvalue weighted by atomic mass is 16.2. The van der Waals surface area contributed by atoms with Crippen LogP contribution >= 0.6 is 0 Å². The van der Waals surface area contributed by atoms with E-state index in [-0.39, 0.29) is 17.9 Å². The van der Waals surface area contributed by atoms with Gasteiger partial charge in [0.05, 0.1) is 0 Å². The van der Waals surface area contributed by atoms with Gasteiger partial charge in [0.1, 0.15) is 0 Å². The third-order valence-electron chi connectivity index (χ3n) is 3.16. The van der Waals surface area contributed by atoms with Gasteiger partial charge in [-0.1, -0.05) is 20.8 Å². The smallest absolute Gasteiger partial charge is 0.222 e. The van der Waals surface area contributed by atoms with E-state index in [1.54, 1.807) is 4.90 Å². The van der Waals surface area contributed by atoms with Crippen LogP contribution in [0.4, 0.5) is 0 Å². The van der Waals surface area contributed by atoms with E-state index in [4.69, 9.17) is 0 Å². The number of nitrogens with zero attached hydrogens (tertiary/aromatic N) is 1. The molecule has 1 fully saturated rings. The second-order valence-electron chi connectivity index (χ2n) is 5.27. The van der Waals surface area contributed by atoms with Gasteiger partial charge in [-0.15, -0.1) is 0 Å². The van der Waals surface area contributed by atoms with Gasteiger partial charge in [0.15, 0.2) is 0 Å². The van der Waals surface area contributed by atoms with E-state index in [1.165, 1.54) is 12.8 Å². The molecule has 1 N–H and O–H groups in total. The van der Waals surface area contributed by atoms with Crippen LogP contribution in [0, 0.1) is 11.8 Å². The Morgan fingerprint density at radius 1 is 1.47 bits per heavy atom. The maximum atomic E-state index is 11.6. The fourth-order valence-electron chi connectivity index (χ4n) is 1.72. The van der Waals surface area contributed by atoms with Crippen LogP contribution in [-0.4, -0.2) is 36.3 Å². The summed E-state index contributed by atoms with van der Waals surface area (Å²) in [6.07, 6.45) is 4.23. The molecule has 0 saturated heterocycles.